The summed E-state index contributed by atoms with van der Waals surface area (Å²) in [6.45, 7) is 4.19. The van der Waals surface area contributed by atoms with Gasteiger partial charge in [-0.05, 0) is 38.3 Å². The van der Waals surface area contributed by atoms with Gasteiger partial charge in [-0.1, -0.05) is 25.8 Å². The minimum absolute atomic E-state index is 0.174. The average molecular weight is 263 g/mol. The van der Waals surface area contributed by atoms with E-state index in [-0.39, 0.29) is 18.2 Å². The van der Waals surface area contributed by atoms with Gasteiger partial charge in [-0.25, -0.2) is 0 Å². The molecule has 2 N–H and O–H groups in total. The lowest BCUT2D eigenvalue weighted by atomic mass is 9.92. The number of ether oxygens (including phenoxy) is 1. The van der Waals surface area contributed by atoms with Gasteiger partial charge in [-0.2, -0.15) is 0 Å². The third-order valence-electron chi connectivity index (χ3n) is 3.83. The first kappa shape index (κ1) is 14.2. The van der Waals surface area contributed by atoms with Crippen LogP contribution in [0.3, 0.4) is 0 Å². The van der Waals surface area contributed by atoms with Crippen LogP contribution in [0.15, 0.2) is 24.3 Å². The Labute approximate surface area is 116 Å². The van der Waals surface area contributed by atoms with E-state index >= 15 is 0 Å². The molecule has 0 aromatic heterocycles. The van der Waals surface area contributed by atoms with E-state index in [0.717, 1.165) is 37.1 Å². The van der Waals surface area contributed by atoms with Gasteiger partial charge in [0, 0.05) is 11.8 Å². The van der Waals surface area contributed by atoms with Gasteiger partial charge in [0.1, 0.15) is 5.75 Å². The van der Waals surface area contributed by atoms with Crippen LogP contribution in [0.1, 0.15) is 46.0 Å². The molecule has 3 atom stereocenters. The predicted molar refractivity (Wildman–Crippen MR) is 78.7 cm³/mol. The van der Waals surface area contributed by atoms with Crippen molar-refractivity contribution in [1.82, 2.24) is 0 Å². The second-order valence-electron chi connectivity index (χ2n) is 5.47. The summed E-state index contributed by atoms with van der Waals surface area (Å²) in [6.07, 6.45) is 5.27. The molecule has 0 aliphatic heterocycles. The molecule has 1 fully saturated rings. The fraction of sp³-hybridized carbons (Fsp3) is 0.625. The van der Waals surface area contributed by atoms with Gasteiger partial charge in [0.15, 0.2) is 0 Å². The van der Waals surface area contributed by atoms with Crippen molar-refractivity contribution in [2.24, 2.45) is 0 Å². The van der Waals surface area contributed by atoms with Crippen LogP contribution in [0.4, 0.5) is 5.69 Å². The molecule has 0 spiro atoms. The third kappa shape index (κ3) is 4.13. The van der Waals surface area contributed by atoms with Crippen molar-refractivity contribution < 1.29 is 9.84 Å². The molecule has 1 aromatic carbocycles. The lowest BCUT2D eigenvalue weighted by molar-refractivity contribution is 0.116. The Bertz CT molecular complexity index is 394. The SMILES string of the molecule is CCC(C)Oc1cccc(N[C@@H]2CCCC[C@H]2O)c1. The number of benzene rings is 1. The van der Waals surface area contributed by atoms with E-state index in [1.807, 2.05) is 24.3 Å². The molecule has 1 unspecified atom stereocenters. The molecule has 0 amide bonds. The molecule has 0 saturated heterocycles. The van der Waals surface area contributed by atoms with E-state index in [9.17, 15) is 5.11 Å². The first-order valence-corrected chi connectivity index (χ1v) is 7.40. The van der Waals surface area contributed by atoms with E-state index in [0.29, 0.717) is 0 Å². The lowest BCUT2D eigenvalue weighted by Crippen LogP contribution is -2.36. The topological polar surface area (TPSA) is 41.5 Å². The quantitative estimate of drug-likeness (QED) is 0.853. The van der Waals surface area contributed by atoms with Crippen molar-refractivity contribution >= 4 is 5.69 Å². The summed E-state index contributed by atoms with van der Waals surface area (Å²) in [4.78, 5) is 0. The zero-order valence-corrected chi connectivity index (χ0v) is 11.9. The van der Waals surface area contributed by atoms with Crippen LogP contribution >= 0.6 is 0 Å². The fourth-order valence-corrected chi connectivity index (χ4v) is 2.47. The van der Waals surface area contributed by atoms with E-state index in [1.54, 1.807) is 0 Å². The summed E-state index contributed by atoms with van der Waals surface area (Å²) in [5, 5.41) is 13.4. The molecule has 1 aromatic rings. The Balaban J connectivity index is 1.98. The highest BCUT2D eigenvalue weighted by molar-refractivity contribution is 5.49. The normalized spacial score (nSPS) is 24.8. The highest BCUT2D eigenvalue weighted by Crippen LogP contribution is 2.25. The molecule has 0 bridgehead atoms. The molecule has 1 aliphatic rings. The molecule has 1 saturated carbocycles. The van der Waals surface area contributed by atoms with Crippen molar-refractivity contribution in [3.05, 3.63) is 24.3 Å². The standard InChI is InChI=1S/C16H25NO2/c1-3-12(2)19-14-8-6-7-13(11-14)17-15-9-4-5-10-16(15)18/h6-8,11-12,15-18H,3-5,9-10H2,1-2H3/t12?,15-,16-/m1/s1. The van der Waals surface area contributed by atoms with Crippen molar-refractivity contribution in [2.75, 3.05) is 5.32 Å². The fourth-order valence-electron chi connectivity index (χ4n) is 2.47. The zero-order chi connectivity index (χ0) is 13.7. The minimum Gasteiger partial charge on any atom is -0.491 e. The first-order chi connectivity index (χ1) is 9.19. The molecular weight excluding hydrogens is 238 g/mol. The Kier molecular flexibility index (Phi) is 5.08. The van der Waals surface area contributed by atoms with Gasteiger partial charge in [-0.3, -0.25) is 0 Å². The van der Waals surface area contributed by atoms with Crippen LogP contribution in [0.2, 0.25) is 0 Å². The lowest BCUT2D eigenvalue weighted by Gasteiger charge is -2.29. The molecule has 0 heterocycles. The summed E-state index contributed by atoms with van der Waals surface area (Å²) in [7, 11) is 0. The highest BCUT2D eigenvalue weighted by atomic mass is 16.5. The second kappa shape index (κ2) is 6.80. The maximum Gasteiger partial charge on any atom is 0.121 e. The molecular formula is C16H25NO2. The van der Waals surface area contributed by atoms with Crippen molar-refractivity contribution in [3.63, 3.8) is 0 Å². The van der Waals surface area contributed by atoms with E-state index in [2.05, 4.69) is 19.2 Å². The van der Waals surface area contributed by atoms with E-state index < -0.39 is 0 Å². The van der Waals surface area contributed by atoms with Crippen LogP contribution in [0.25, 0.3) is 0 Å². The average Bonchev–Trinajstić information content (AvgIpc) is 2.42. The Morgan fingerprint density at radius 2 is 2.16 bits per heavy atom. The van der Waals surface area contributed by atoms with Gasteiger partial charge < -0.3 is 15.2 Å². The van der Waals surface area contributed by atoms with Gasteiger partial charge in [0.05, 0.1) is 18.2 Å². The molecule has 1 aliphatic carbocycles. The first-order valence-electron chi connectivity index (χ1n) is 7.40. The maximum atomic E-state index is 9.99. The highest BCUT2D eigenvalue weighted by Gasteiger charge is 2.22. The van der Waals surface area contributed by atoms with Crippen molar-refractivity contribution in [1.29, 1.82) is 0 Å². The summed E-state index contributed by atoms with van der Waals surface area (Å²) in [6, 6.07) is 8.20. The minimum atomic E-state index is -0.229. The number of rotatable bonds is 5. The molecule has 3 nitrogen and oxygen atoms in total. The van der Waals surface area contributed by atoms with Crippen LogP contribution in [-0.4, -0.2) is 23.4 Å². The van der Waals surface area contributed by atoms with Crippen LogP contribution in [0.5, 0.6) is 5.75 Å². The third-order valence-corrected chi connectivity index (χ3v) is 3.83. The van der Waals surface area contributed by atoms with E-state index in [1.165, 1.54) is 6.42 Å². The van der Waals surface area contributed by atoms with Gasteiger partial charge in [0.2, 0.25) is 0 Å². The van der Waals surface area contributed by atoms with Gasteiger partial charge in [-0.15, -0.1) is 0 Å². The summed E-state index contributed by atoms with van der Waals surface area (Å²) < 4.78 is 5.82. The monoisotopic (exact) mass is 263 g/mol. The van der Waals surface area contributed by atoms with E-state index in [4.69, 9.17) is 4.74 Å². The number of nitrogens with one attached hydrogen (secondary N) is 1. The molecule has 3 heteroatoms. The van der Waals surface area contributed by atoms with Gasteiger partial charge >= 0.3 is 0 Å². The smallest absolute Gasteiger partial charge is 0.121 e. The Morgan fingerprint density at radius 1 is 1.37 bits per heavy atom. The predicted octanol–water partition coefficient (Wildman–Crippen LogP) is 3.58. The summed E-state index contributed by atoms with van der Waals surface area (Å²) in [5.74, 6) is 0.893. The number of anilines is 1. The zero-order valence-electron chi connectivity index (χ0n) is 11.9. The summed E-state index contributed by atoms with van der Waals surface area (Å²) >= 11 is 0. The maximum absolute atomic E-state index is 9.99. The number of aliphatic hydroxyl groups is 1. The molecule has 106 valence electrons. The number of hydrogen-bond donors (Lipinski definition) is 2. The molecule has 0 radical (unpaired) electrons. The molecule has 19 heavy (non-hydrogen) atoms. The summed E-state index contributed by atoms with van der Waals surface area (Å²) in [5.41, 5.74) is 1.03. The second-order valence-corrected chi connectivity index (χ2v) is 5.47. The van der Waals surface area contributed by atoms with Crippen molar-refractivity contribution in [3.8, 4) is 5.75 Å². The van der Waals surface area contributed by atoms with Crippen LogP contribution < -0.4 is 10.1 Å². The Morgan fingerprint density at radius 3 is 2.89 bits per heavy atom. The Hall–Kier alpha value is -1.22. The number of aliphatic hydroxyl groups excluding tert-OH is 1. The van der Waals surface area contributed by atoms with Crippen LogP contribution in [0, 0.1) is 0 Å². The van der Waals surface area contributed by atoms with Crippen molar-refractivity contribution in [2.45, 2.75) is 64.2 Å². The molecule has 2 rings (SSSR count). The largest absolute Gasteiger partial charge is 0.491 e. The number of hydrogen-bond acceptors (Lipinski definition) is 3. The van der Waals surface area contributed by atoms with Gasteiger partial charge in [0.25, 0.3) is 0 Å². The van der Waals surface area contributed by atoms with Crippen LogP contribution in [-0.2, 0) is 0 Å².